The van der Waals surface area contributed by atoms with Crippen molar-refractivity contribution in [1.29, 1.82) is 0 Å². The van der Waals surface area contributed by atoms with E-state index in [2.05, 4.69) is 11.8 Å². The van der Waals surface area contributed by atoms with Gasteiger partial charge in [0, 0.05) is 29.6 Å². The number of hydrogen-bond acceptors (Lipinski definition) is 4. The van der Waals surface area contributed by atoms with Crippen molar-refractivity contribution in [3.8, 4) is 11.3 Å². The van der Waals surface area contributed by atoms with Gasteiger partial charge in [-0.25, -0.2) is 4.98 Å². The van der Waals surface area contributed by atoms with Crippen LogP contribution >= 0.6 is 22.9 Å². The second-order valence-electron chi connectivity index (χ2n) is 6.62. The SMILES string of the molecule is CCN(Cc1ccc(Cl)cc1)Cc1cc(=O)n2c(-c3ccccc3)csc2n1. The molecule has 4 rings (SSSR count). The first-order valence-electron chi connectivity index (χ1n) is 9.16. The van der Waals surface area contributed by atoms with Gasteiger partial charge in [0.05, 0.1) is 11.4 Å². The van der Waals surface area contributed by atoms with E-state index in [1.807, 2.05) is 60.0 Å². The van der Waals surface area contributed by atoms with Crippen molar-refractivity contribution in [2.24, 2.45) is 0 Å². The lowest BCUT2D eigenvalue weighted by Gasteiger charge is -2.20. The van der Waals surface area contributed by atoms with Crippen LogP contribution in [0.4, 0.5) is 0 Å². The second kappa shape index (κ2) is 8.27. The van der Waals surface area contributed by atoms with Gasteiger partial charge in [0.1, 0.15) is 0 Å². The average Bonchev–Trinajstić information content (AvgIpc) is 3.14. The predicted octanol–water partition coefficient (Wildman–Crippen LogP) is 5.10. The summed E-state index contributed by atoms with van der Waals surface area (Å²) in [4.78, 5) is 20.5. The van der Waals surface area contributed by atoms with Gasteiger partial charge in [-0.2, -0.15) is 0 Å². The molecule has 0 aliphatic heterocycles. The van der Waals surface area contributed by atoms with E-state index in [4.69, 9.17) is 16.6 Å². The molecule has 6 heteroatoms. The molecular formula is C22H20ClN3OS. The summed E-state index contributed by atoms with van der Waals surface area (Å²) in [5.41, 5.74) is 3.85. The van der Waals surface area contributed by atoms with Gasteiger partial charge in [-0.1, -0.05) is 61.0 Å². The van der Waals surface area contributed by atoms with Crippen molar-refractivity contribution in [2.75, 3.05) is 6.54 Å². The molecule has 0 spiro atoms. The predicted molar refractivity (Wildman–Crippen MR) is 116 cm³/mol. The molecule has 0 N–H and O–H groups in total. The minimum atomic E-state index is -0.0392. The molecule has 28 heavy (non-hydrogen) atoms. The third-order valence-corrected chi connectivity index (χ3v) is 5.76. The van der Waals surface area contributed by atoms with Gasteiger partial charge < -0.3 is 0 Å². The van der Waals surface area contributed by atoms with Crippen molar-refractivity contribution in [3.63, 3.8) is 0 Å². The summed E-state index contributed by atoms with van der Waals surface area (Å²) >= 11 is 7.47. The largest absolute Gasteiger partial charge is 0.294 e. The maximum atomic E-state index is 12.8. The number of nitrogens with zero attached hydrogens (tertiary/aromatic N) is 3. The molecule has 0 atom stereocenters. The summed E-state index contributed by atoms with van der Waals surface area (Å²) in [5.74, 6) is 0. The fraction of sp³-hybridized carbons (Fsp3) is 0.182. The third kappa shape index (κ3) is 4.02. The zero-order valence-corrected chi connectivity index (χ0v) is 17.1. The Labute approximate surface area is 172 Å². The monoisotopic (exact) mass is 409 g/mol. The first-order chi connectivity index (χ1) is 13.6. The minimum Gasteiger partial charge on any atom is -0.294 e. The van der Waals surface area contributed by atoms with Crippen LogP contribution in [-0.2, 0) is 13.1 Å². The Morgan fingerprint density at radius 3 is 2.54 bits per heavy atom. The number of hydrogen-bond donors (Lipinski definition) is 0. The smallest absolute Gasteiger partial charge is 0.259 e. The van der Waals surface area contributed by atoms with Gasteiger partial charge in [-0.05, 0) is 29.8 Å². The maximum absolute atomic E-state index is 12.8. The van der Waals surface area contributed by atoms with Crippen LogP contribution in [0.25, 0.3) is 16.2 Å². The zero-order valence-electron chi connectivity index (χ0n) is 15.5. The first kappa shape index (κ1) is 18.9. The van der Waals surface area contributed by atoms with E-state index < -0.39 is 0 Å². The highest BCUT2D eigenvalue weighted by Crippen LogP contribution is 2.24. The van der Waals surface area contributed by atoms with Crippen LogP contribution < -0.4 is 5.56 Å². The highest BCUT2D eigenvalue weighted by Gasteiger charge is 2.13. The van der Waals surface area contributed by atoms with Crippen LogP contribution in [0.1, 0.15) is 18.2 Å². The zero-order chi connectivity index (χ0) is 19.5. The fourth-order valence-corrected chi connectivity index (χ4v) is 4.26. The summed E-state index contributed by atoms with van der Waals surface area (Å²) in [5, 5.41) is 2.73. The van der Waals surface area contributed by atoms with Gasteiger partial charge in [-0.3, -0.25) is 14.1 Å². The molecule has 2 heterocycles. The van der Waals surface area contributed by atoms with Crippen molar-refractivity contribution in [2.45, 2.75) is 20.0 Å². The van der Waals surface area contributed by atoms with Crippen molar-refractivity contribution in [3.05, 3.63) is 92.7 Å². The Balaban J connectivity index is 1.60. The fourth-order valence-electron chi connectivity index (χ4n) is 3.21. The maximum Gasteiger partial charge on any atom is 0.259 e. The van der Waals surface area contributed by atoms with Gasteiger partial charge in [-0.15, -0.1) is 11.3 Å². The van der Waals surface area contributed by atoms with Crippen molar-refractivity contribution >= 4 is 27.9 Å². The van der Waals surface area contributed by atoms with Crippen LogP contribution in [0, 0.1) is 0 Å². The molecule has 4 aromatic rings. The molecule has 0 fully saturated rings. The quantitative estimate of drug-likeness (QED) is 0.444. The summed E-state index contributed by atoms with van der Waals surface area (Å²) in [6, 6.07) is 19.4. The summed E-state index contributed by atoms with van der Waals surface area (Å²) < 4.78 is 1.69. The molecule has 2 aromatic heterocycles. The second-order valence-corrected chi connectivity index (χ2v) is 7.89. The molecule has 0 bridgehead atoms. The van der Waals surface area contributed by atoms with Crippen LogP contribution in [0.15, 0.2) is 70.8 Å². The Bertz CT molecular complexity index is 1140. The molecule has 0 aliphatic rings. The molecule has 2 aromatic carbocycles. The van der Waals surface area contributed by atoms with Crippen LogP contribution in [0.2, 0.25) is 5.02 Å². The number of rotatable bonds is 6. The molecular weight excluding hydrogens is 390 g/mol. The molecule has 0 amide bonds. The number of fused-ring (bicyclic) bond motifs is 1. The lowest BCUT2D eigenvalue weighted by molar-refractivity contribution is 0.268. The summed E-state index contributed by atoms with van der Waals surface area (Å²) in [6.07, 6.45) is 0. The normalized spacial score (nSPS) is 11.4. The van der Waals surface area contributed by atoms with E-state index >= 15 is 0 Å². The Hall–Kier alpha value is -2.47. The Morgan fingerprint density at radius 2 is 1.82 bits per heavy atom. The number of aromatic nitrogens is 2. The lowest BCUT2D eigenvalue weighted by atomic mass is 10.2. The molecule has 0 radical (unpaired) electrons. The standard InChI is InChI=1S/C22H20ClN3OS/c1-2-25(13-16-8-10-18(23)11-9-16)14-19-12-21(27)26-20(15-28-22(26)24-19)17-6-4-3-5-7-17/h3-12,15H,2,13-14H2,1H3. The molecule has 0 aliphatic carbocycles. The van der Waals surface area contributed by atoms with Gasteiger partial charge in [0.2, 0.25) is 0 Å². The van der Waals surface area contributed by atoms with E-state index in [0.717, 1.165) is 40.0 Å². The van der Waals surface area contributed by atoms with E-state index in [0.29, 0.717) is 6.54 Å². The molecule has 0 saturated heterocycles. The van der Waals surface area contributed by atoms with Crippen LogP contribution in [-0.4, -0.2) is 20.8 Å². The number of halogens is 1. The summed E-state index contributed by atoms with van der Waals surface area (Å²) in [6.45, 7) is 4.39. The number of thiazole rings is 1. The number of benzene rings is 2. The lowest BCUT2D eigenvalue weighted by Crippen LogP contribution is -2.24. The minimum absolute atomic E-state index is 0.0392. The van der Waals surface area contributed by atoms with E-state index in [1.54, 1.807) is 10.5 Å². The molecule has 142 valence electrons. The Kier molecular flexibility index (Phi) is 5.57. The van der Waals surface area contributed by atoms with E-state index in [9.17, 15) is 4.79 Å². The van der Waals surface area contributed by atoms with Gasteiger partial charge in [0.15, 0.2) is 4.96 Å². The van der Waals surface area contributed by atoms with Crippen LogP contribution in [0.3, 0.4) is 0 Å². The van der Waals surface area contributed by atoms with Crippen molar-refractivity contribution in [1.82, 2.24) is 14.3 Å². The molecule has 0 unspecified atom stereocenters. The highest BCUT2D eigenvalue weighted by atomic mass is 35.5. The highest BCUT2D eigenvalue weighted by molar-refractivity contribution is 7.15. The topological polar surface area (TPSA) is 37.6 Å². The van der Waals surface area contributed by atoms with Gasteiger partial charge >= 0.3 is 0 Å². The molecule has 4 nitrogen and oxygen atoms in total. The molecule has 0 saturated carbocycles. The Morgan fingerprint density at radius 1 is 1.07 bits per heavy atom. The first-order valence-corrected chi connectivity index (χ1v) is 10.4. The van der Waals surface area contributed by atoms with E-state index in [-0.39, 0.29) is 5.56 Å². The van der Waals surface area contributed by atoms with Crippen molar-refractivity contribution < 1.29 is 0 Å². The summed E-state index contributed by atoms with van der Waals surface area (Å²) in [7, 11) is 0. The van der Waals surface area contributed by atoms with Gasteiger partial charge in [0.25, 0.3) is 5.56 Å². The van der Waals surface area contributed by atoms with Crippen LogP contribution in [0.5, 0.6) is 0 Å². The third-order valence-electron chi connectivity index (χ3n) is 4.68. The average molecular weight is 410 g/mol. The van der Waals surface area contributed by atoms with E-state index in [1.165, 1.54) is 16.9 Å².